The van der Waals surface area contributed by atoms with E-state index < -0.39 is 10.0 Å². The number of hydrogen-bond donors (Lipinski definition) is 0. The van der Waals surface area contributed by atoms with Crippen LogP contribution in [0.2, 0.25) is 0 Å². The third kappa shape index (κ3) is 2.29. The summed E-state index contributed by atoms with van der Waals surface area (Å²) in [5.74, 6) is 0.695. The fourth-order valence-electron chi connectivity index (χ4n) is 3.16. The number of hydrogen-bond acceptors (Lipinski definition) is 4. The highest BCUT2D eigenvalue weighted by Crippen LogP contribution is 2.54. The molecule has 0 radical (unpaired) electrons. The molecule has 0 N–H and O–H groups in total. The average molecular weight is 345 g/mol. The van der Waals surface area contributed by atoms with E-state index in [1.54, 1.807) is 37.4 Å². The van der Waals surface area contributed by atoms with Gasteiger partial charge < -0.3 is 9.47 Å². The molecule has 2 aliphatic heterocycles. The van der Waals surface area contributed by atoms with E-state index in [0.29, 0.717) is 11.4 Å². The molecule has 2 aliphatic rings. The maximum absolute atomic E-state index is 12.9. The predicted molar refractivity (Wildman–Crippen MR) is 90.8 cm³/mol. The second-order valence-corrected chi connectivity index (χ2v) is 8.66. The summed E-state index contributed by atoms with van der Waals surface area (Å²) >= 11 is 0. The van der Waals surface area contributed by atoms with Gasteiger partial charge in [0.25, 0.3) is 10.0 Å². The van der Waals surface area contributed by atoms with E-state index in [1.807, 2.05) is 32.0 Å². The van der Waals surface area contributed by atoms with Crippen LogP contribution in [0.25, 0.3) is 0 Å². The van der Waals surface area contributed by atoms with Gasteiger partial charge in [-0.1, -0.05) is 18.2 Å². The SMILES string of the molecule is CN(c1ccccc1)S(=O)(=O)c1ccc2c(c1)C1OC1C(C)(C)O2. The number of nitrogens with zero attached hydrogens (tertiary/aromatic N) is 1. The summed E-state index contributed by atoms with van der Waals surface area (Å²) in [6, 6.07) is 14.0. The van der Waals surface area contributed by atoms with E-state index in [4.69, 9.17) is 9.47 Å². The van der Waals surface area contributed by atoms with Crippen LogP contribution in [-0.2, 0) is 14.8 Å². The molecule has 1 saturated heterocycles. The number of rotatable bonds is 3. The van der Waals surface area contributed by atoms with E-state index in [9.17, 15) is 8.42 Å². The van der Waals surface area contributed by atoms with Crippen molar-refractivity contribution in [1.82, 2.24) is 0 Å². The number of para-hydroxylation sites is 1. The number of sulfonamides is 1. The van der Waals surface area contributed by atoms with Crippen LogP contribution in [-0.4, -0.2) is 27.2 Å². The number of fused-ring (bicyclic) bond motifs is 3. The Labute approximate surface area is 141 Å². The lowest BCUT2D eigenvalue weighted by atomic mass is 9.94. The Balaban J connectivity index is 1.72. The molecule has 0 spiro atoms. The van der Waals surface area contributed by atoms with E-state index in [2.05, 4.69) is 0 Å². The standard InChI is InChI=1S/C18H19NO4S/c1-18(2)17-16(22-17)14-11-13(9-10-15(14)23-18)24(20,21)19(3)12-7-5-4-6-8-12/h4-11,16-17H,1-3H3. The summed E-state index contributed by atoms with van der Waals surface area (Å²) < 4.78 is 38.8. The Kier molecular flexibility index (Phi) is 3.21. The topological polar surface area (TPSA) is 59.1 Å². The highest BCUT2D eigenvalue weighted by molar-refractivity contribution is 7.92. The van der Waals surface area contributed by atoms with Gasteiger partial charge in [0.1, 0.15) is 23.6 Å². The molecule has 2 heterocycles. The van der Waals surface area contributed by atoms with E-state index in [-0.39, 0.29) is 22.7 Å². The van der Waals surface area contributed by atoms with Crippen molar-refractivity contribution in [3.05, 3.63) is 54.1 Å². The zero-order chi connectivity index (χ0) is 17.1. The Morgan fingerprint density at radius 1 is 1.08 bits per heavy atom. The molecule has 4 rings (SSSR count). The monoisotopic (exact) mass is 345 g/mol. The van der Waals surface area contributed by atoms with Crippen molar-refractivity contribution in [1.29, 1.82) is 0 Å². The fraction of sp³-hybridized carbons (Fsp3) is 0.333. The smallest absolute Gasteiger partial charge is 0.264 e. The Hall–Kier alpha value is -2.05. The largest absolute Gasteiger partial charge is 0.485 e. The van der Waals surface area contributed by atoms with Crippen LogP contribution >= 0.6 is 0 Å². The summed E-state index contributed by atoms with van der Waals surface area (Å²) in [4.78, 5) is 0.241. The number of ether oxygens (including phenoxy) is 2. The lowest BCUT2D eigenvalue weighted by Crippen LogP contribution is -2.37. The van der Waals surface area contributed by atoms with Gasteiger partial charge in [0.15, 0.2) is 0 Å². The highest BCUT2D eigenvalue weighted by Gasteiger charge is 2.56. The molecule has 2 unspecified atom stereocenters. The second kappa shape index (κ2) is 4.97. The molecule has 2 atom stereocenters. The van der Waals surface area contributed by atoms with Crippen molar-refractivity contribution in [2.24, 2.45) is 0 Å². The van der Waals surface area contributed by atoms with Gasteiger partial charge in [-0.2, -0.15) is 0 Å². The molecule has 1 fully saturated rings. The van der Waals surface area contributed by atoms with E-state index >= 15 is 0 Å². The zero-order valence-corrected chi connectivity index (χ0v) is 14.6. The maximum Gasteiger partial charge on any atom is 0.264 e. The summed E-state index contributed by atoms with van der Waals surface area (Å²) in [6.45, 7) is 3.96. The van der Waals surface area contributed by atoms with Crippen LogP contribution in [0.1, 0.15) is 25.5 Å². The fourth-order valence-corrected chi connectivity index (χ4v) is 4.39. The van der Waals surface area contributed by atoms with Gasteiger partial charge in [-0.3, -0.25) is 4.31 Å². The van der Waals surface area contributed by atoms with Gasteiger partial charge in [0.05, 0.1) is 10.6 Å². The normalized spacial score (nSPS) is 23.6. The van der Waals surface area contributed by atoms with Crippen LogP contribution in [0.5, 0.6) is 5.75 Å². The molecular weight excluding hydrogens is 326 g/mol. The highest BCUT2D eigenvalue weighted by atomic mass is 32.2. The molecule has 24 heavy (non-hydrogen) atoms. The first kappa shape index (κ1) is 15.5. The van der Waals surface area contributed by atoms with Crippen molar-refractivity contribution < 1.29 is 17.9 Å². The molecule has 0 amide bonds. The summed E-state index contributed by atoms with van der Waals surface area (Å²) in [7, 11) is -2.08. The lowest BCUT2D eigenvalue weighted by molar-refractivity contribution is 0.0724. The van der Waals surface area contributed by atoms with Crippen molar-refractivity contribution in [3.63, 3.8) is 0 Å². The van der Waals surface area contributed by atoms with Crippen molar-refractivity contribution in [2.45, 2.75) is 36.6 Å². The molecule has 126 valence electrons. The molecule has 0 aliphatic carbocycles. The lowest BCUT2D eigenvalue weighted by Gasteiger charge is -2.30. The molecule has 6 heteroatoms. The first-order valence-electron chi connectivity index (χ1n) is 7.83. The van der Waals surface area contributed by atoms with Crippen LogP contribution in [0.15, 0.2) is 53.4 Å². The van der Waals surface area contributed by atoms with Gasteiger partial charge >= 0.3 is 0 Å². The van der Waals surface area contributed by atoms with Crippen molar-refractivity contribution >= 4 is 15.7 Å². The molecule has 5 nitrogen and oxygen atoms in total. The summed E-state index contributed by atoms with van der Waals surface area (Å²) in [5.41, 5.74) is 1.04. The van der Waals surface area contributed by atoms with E-state index in [1.165, 1.54) is 4.31 Å². The molecule has 0 saturated carbocycles. The van der Waals surface area contributed by atoms with Gasteiger partial charge in [-0.25, -0.2) is 8.42 Å². The molecule has 0 aromatic heterocycles. The summed E-state index contributed by atoms with van der Waals surface area (Å²) in [6.07, 6.45) is -0.101. The number of epoxide rings is 1. The predicted octanol–water partition coefficient (Wildman–Crippen LogP) is 3.12. The minimum absolute atomic E-state index is 0.0187. The molecule has 2 aromatic carbocycles. The minimum Gasteiger partial charge on any atom is -0.485 e. The van der Waals surface area contributed by atoms with Gasteiger partial charge in [-0.05, 0) is 44.2 Å². The van der Waals surface area contributed by atoms with Crippen LogP contribution in [0.3, 0.4) is 0 Å². The van der Waals surface area contributed by atoms with E-state index in [0.717, 1.165) is 5.56 Å². The first-order valence-corrected chi connectivity index (χ1v) is 9.27. The molecule has 2 aromatic rings. The molecular formula is C18H19NO4S. The van der Waals surface area contributed by atoms with Crippen LogP contribution in [0.4, 0.5) is 5.69 Å². The maximum atomic E-state index is 12.9. The summed E-state index contributed by atoms with van der Waals surface area (Å²) in [5, 5.41) is 0. The molecule has 0 bridgehead atoms. The number of anilines is 1. The Morgan fingerprint density at radius 3 is 2.50 bits per heavy atom. The number of benzene rings is 2. The second-order valence-electron chi connectivity index (χ2n) is 6.69. The van der Waals surface area contributed by atoms with Gasteiger partial charge in [0, 0.05) is 12.6 Å². The van der Waals surface area contributed by atoms with Crippen LogP contribution < -0.4 is 9.04 Å². The van der Waals surface area contributed by atoms with Gasteiger partial charge in [-0.15, -0.1) is 0 Å². The Bertz CT molecular complexity index is 892. The third-order valence-corrected chi connectivity index (χ3v) is 6.40. The van der Waals surface area contributed by atoms with Gasteiger partial charge in [0.2, 0.25) is 0 Å². The van der Waals surface area contributed by atoms with Crippen LogP contribution in [0, 0.1) is 0 Å². The minimum atomic E-state index is -3.64. The Morgan fingerprint density at radius 2 is 1.79 bits per heavy atom. The average Bonchev–Trinajstić information content (AvgIpc) is 3.36. The van der Waals surface area contributed by atoms with Crippen molar-refractivity contribution in [3.8, 4) is 5.75 Å². The zero-order valence-electron chi connectivity index (χ0n) is 13.8. The van der Waals surface area contributed by atoms with Crippen molar-refractivity contribution in [2.75, 3.05) is 11.4 Å². The third-order valence-electron chi connectivity index (χ3n) is 4.62. The first-order chi connectivity index (χ1) is 11.3. The quantitative estimate of drug-likeness (QED) is 0.802.